The van der Waals surface area contributed by atoms with Crippen LogP contribution in [0.3, 0.4) is 0 Å². The third kappa shape index (κ3) is 6.37. The molecule has 1 aliphatic carbocycles. The molecule has 0 spiro atoms. The molecule has 7 nitrogen and oxygen atoms in total. The second-order valence-electron chi connectivity index (χ2n) is 8.70. The maximum absolute atomic E-state index is 12.6. The van der Waals surface area contributed by atoms with Crippen molar-refractivity contribution in [3.05, 3.63) is 54.2 Å². The number of nitrogens with one attached hydrogen (secondary N) is 2. The van der Waals surface area contributed by atoms with E-state index in [0.717, 1.165) is 17.7 Å². The second kappa shape index (κ2) is 11.0. The number of ether oxygens (including phenoxy) is 1. The summed E-state index contributed by atoms with van der Waals surface area (Å²) >= 11 is 1.39. The second-order valence-corrected chi connectivity index (χ2v) is 10.7. The monoisotopic (exact) mass is 547 g/mol. The molecule has 37 heavy (non-hydrogen) atoms. The Morgan fingerprint density at radius 3 is 2.59 bits per heavy atom. The summed E-state index contributed by atoms with van der Waals surface area (Å²) in [7, 11) is -2.32. The molecule has 4 aromatic rings. The van der Waals surface area contributed by atoms with Gasteiger partial charge in [0.25, 0.3) is 0 Å². The van der Waals surface area contributed by atoms with Gasteiger partial charge in [0.1, 0.15) is 27.4 Å². The smallest absolute Gasteiger partial charge is 0.402 e. The molecular formula is C25H24F3N5O2S2. The standard InChI is InChI=1S/C25H24F3N5O2S2/c26-25(27,28)14-37(34)33-19-10-11-21(18-9-5-4-8-17(18)19)35-23-22(36-15-30-23)20-12-13-29-24(32-20)31-16-6-2-1-3-7-16/h4-5,8-13,15-16,33H,1-3,6-7,14H2,(H,29,31,32). The van der Waals surface area contributed by atoms with Crippen LogP contribution in [0.25, 0.3) is 21.3 Å². The first-order valence-electron chi connectivity index (χ1n) is 11.8. The Hall–Kier alpha value is -3.25. The van der Waals surface area contributed by atoms with Gasteiger partial charge in [0.15, 0.2) is 0 Å². The van der Waals surface area contributed by atoms with Gasteiger partial charge in [-0.05, 0) is 31.0 Å². The van der Waals surface area contributed by atoms with Crippen molar-refractivity contribution in [2.45, 2.75) is 44.3 Å². The van der Waals surface area contributed by atoms with E-state index in [2.05, 4.69) is 25.0 Å². The molecule has 12 heteroatoms. The van der Waals surface area contributed by atoms with Crippen LogP contribution >= 0.6 is 11.3 Å². The van der Waals surface area contributed by atoms with E-state index in [1.54, 1.807) is 54.2 Å². The molecule has 1 unspecified atom stereocenters. The van der Waals surface area contributed by atoms with Crippen LogP contribution in [-0.2, 0) is 11.0 Å². The highest BCUT2D eigenvalue weighted by molar-refractivity contribution is 7.86. The first-order valence-corrected chi connectivity index (χ1v) is 14.0. The van der Waals surface area contributed by atoms with Gasteiger partial charge >= 0.3 is 6.18 Å². The Morgan fingerprint density at radius 1 is 1.03 bits per heavy atom. The molecule has 0 saturated heterocycles. The van der Waals surface area contributed by atoms with Crippen LogP contribution in [0, 0.1) is 0 Å². The Kier molecular flexibility index (Phi) is 7.56. The minimum absolute atomic E-state index is 0.318. The van der Waals surface area contributed by atoms with Gasteiger partial charge in [-0.2, -0.15) is 13.2 Å². The van der Waals surface area contributed by atoms with Gasteiger partial charge in [0.2, 0.25) is 11.8 Å². The Bertz CT molecular complexity index is 1410. The van der Waals surface area contributed by atoms with E-state index >= 15 is 0 Å². The molecule has 1 fully saturated rings. The third-order valence-electron chi connectivity index (χ3n) is 5.97. The zero-order chi connectivity index (χ0) is 25.8. The predicted molar refractivity (Wildman–Crippen MR) is 140 cm³/mol. The van der Waals surface area contributed by atoms with Crippen molar-refractivity contribution < 1.29 is 22.1 Å². The highest BCUT2D eigenvalue weighted by atomic mass is 32.2. The average molecular weight is 548 g/mol. The molecule has 0 aliphatic heterocycles. The minimum Gasteiger partial charge on any atom is -0.437 e. The van der Waals surface area contributed by atoms with Crippen molar-refractivity contribution in [1.82, 2.24) is 15.0 Å². The van der Waals surface area contributed by atoms with Crippen molar-refractivity contribution in [3.63, 3.8) is 0 Å². The summed E-state index contributed by atoms with van der Waals surface area (Å²) in [5.41, 5.74) is 2.66. The van der Waals surface area contributed by atoms with Crippen molar-refractivity contribution in [2.24, 2.45) is 0 Å². The van der Waals surface area contributed by atoms with Crippen LogP contribution in [0.5, 0.6) is 11.6 Å². The molecule has 2 aromatic heterocycles. The van der Waals surface area contributed by atoms with Crippen molar-refractivity contribution in [1.29, 1.82) is 0 Å². The van der Waals surface area contributed by atoms with Crippen LogP contribution in [0.2, 0.25) is 0 Å². The quantitative estimate of drug-likeness (QED) is 0.249. The predicted octanol–water partition coefficient (Wildman–Crippen LogP) is 6.93. The average Bonchev–Trinajstić information content (AvgIpc) is 3.33. The van der Waals surface area contributed by atoms with Crippen LogP contribution in [0.4, 0.5) is 24.8 Å². The van der Waals surface area contributed by atoms with E-state index in [1.165, 1.54) is 30.6 Å². The number of aromatic nitrogens is 3. The Labute approximate surface area is 218 Å². The van der Waals surface area contributed by atoms with E-state index in [0.29, 0.717) is 45.8 Å². The molecule has 0 bridgehead atoms. The van der Waals surface area contributed by atoms with Gasteiger partial charge < -0.3 is 14.8 Å². The van der Waals surface area contributed by atoms with E-state index in [1.807, 2.05) is 0 Å². The van der Waals surface area contributed by atoms with Gasteiger partial charge in [-0.25, -0.2) is 19.2 Å². The van der Waals surface area contributed by atoms with E-state index in [9.17, 15) is 17.4 Å². The van der Waals surface area contributed by atoms with E-state index < -0.39 is 22.9 Å². The summed E-state index contributed by atoms with van der Waals surface area (Å²) in [5.74, 6) is -0.0574. The number of rotatable bonds is 8. The fourth-order valence-corrected chi connectivity index (χ4v) is 5.80. The topological polar surface area (TPSA) is 89.0 Å². The number of alkyl halides is 3. The van der Waals surface area contributed by atoms with Crippen molar-refractivity contribution >= 4 is 44.7 Å². The zero-order valence-corrected chi connectivity index (χ0v) is 21.3. The Balaban J connectivity index is 1.39. The summed E-state index contributed by atoms with van der Waals surface area (Å²) in [4.78, 5) is 14.2. The number of fused-ring (bicyclic) bond motifs is 1. The number of halogens is 3. The summed E-state index contributed by atoms with van der Waals surface area (Å²) in [6.07, 6.45) is 3.03. The lowest BCUT2D eigenvalue weighted by Gasteiger charge is -2.22. The number of hydrogen-bond donors (Lipinski definition) is 2. The third-order valence-corrected chi connectivity index (χ3v) is 7.84. The Morgan fingerprint density at radius 2 is 1.81 bits per heavy atom. The molecule has 1 aliphatic rings. The lowest BCUT2D eigenvalue weighted by molar-refractivity contribution is -0.105. The molecule has 1 saturated carbocycles. The lowest BCUT2D eigenvalue weighted by Crippen LogP contribution is -2.23. The minimum atomic E-state index is -4.54. The number of hydrogen-bond acceptors (Lipinski definition) is 7. The first kappa shape index (κ1) is 25.4. The molecular weight excluding hydrogens is 523 g/mol. The van der Waals surface area contributed by atoms with Crippen LogP contribution < -0.4 is 14.8 Å². The molecule has 1 atom stereocenters. The number of thiazole rings is 1. The maximum Gasteiger partial charge on any atom is 0.402 e. The largest absolute Gasteiger partial charge is 0.437 e. The molecule has 194 valence electrons. The maximum atomic E-state index is 12.6. The fraction of sp³-hybridized carbons (Fsp3) is 0.320. The fourth-order valence-electron chi connectivity index (χ4n) is 4.32. The lowest BCUT2D eigenvalue weighted by atomic mass is 9.96. The van der Waals surface area contributed by atoms with Gasteiger partial charge in [-0.1, -0.05) is 43.5 Å². The highest BCUT2D eigenvalue weighted by Gasteiger charge is 2.31. The molecule has 2 N–H and O–H groups in total. The van der Waals surface area contributed by atoms with Gasteiger partial charge in [0.05, 0.1) is 16.9 Å². The molecule has 5 rings (SSSR count). The first-order chi connectivity index (χ1) is 17.9. The SMILES string of the molecule is O=S(CC(F)(F)F)Nc1ccc(Oc2ncsc2-c2ccnc(NC3CCCCC3)n2)c2ccccc12. The van der Waals surface area contributed by atoms with Crippen LogP contribution in [0.15, 0.2) is 54.2 Å². The molecule has 2 heterocycles. The number of anilines is 2. The van der Waals surface area contributed by atoms with Crippen molar-refractivity contribution in [3.8, 4) is 22.2 Å². The highest BCUT2D eigenvalue weighted by Crippen LogP contribution is 2.39. The summed E-state index contributed by atoms with van der Waals surface area (Å²) in [6.45, 7) is 0. The van der Waals surface area contributed by atoms with Crippen LogP contribution in [-0.4, -0.2) is 37.1 Å². The van der Waals surface area contributed by atoms with Gasteiger partial charge in [0, 0.05) is 23.0 Å². The molecule has 2 aromatic carbocycles. The number of nitrogens with zero attached hydrogens (tertiary/aromatic N) is 3. The summed E-state index contributed by atoms with van der Waals surface area (Å²) in [5, 5.41) is 4.65. The normalized spacial score (nSPS) is 15.4. The van der Waals surface area contributed by atoms with Crippen molar-refractivity contribution in [2.75, 3.05) is 15.8 Å². The van der Waals surface area contributed by atoms with Gasteiger partial charge in [-0.3, -0.25) is 0 Å². The molecule has 0 radical (unpaired) electrons. The number of benzene rings is 2. The zero-order valence-electron chi connectivity index (χ0n) is 19.6. The summed E-state index contributed by atoms with van der Waals surface area (Å²) < 4.78 is 58.6. The van der Waals surface area contributed by atoms with Crippen LogP contribution in [0.1, 0.15) is 32.1 Å². The van der Waals surface area contributed by atoms with E-state index in [-0.39, 0.29) is 0 Å². The van der Waals surface area contributed by atoms with E-state index in [4.69, 9.17) is 4.74 Å². The molecule has 0 amide bonds. The summed E-state index contributed by atoms with van der Waals surface area (Å²) in [6, 6.07) is 12.4. The van der Waals surface area contributed by atoms with Gasteiger partial charge in [-0.15, -0.1) is 11.3 Å².